The predicted molar refractivity (Wildman–Crippen MR) is 103 cm³/mol. The van der Waals surface area contributed by atoms with Crippen molar-refractivity contribution < 1.29 is 14.3 Å². The van der Waals surface area contributed by atoms with Crippen LogP contribution in [-0.4, -0.2) is 18.7 Å². The Kier molecular flexibility index (Phi) is 3.51. The second-order valence-corrected chi connectivity index (χ2v) is 7.16. The third-order valence-electron chi connectivity index (χ3n) is 5.91. The van der Waals surface area contributed by atoms with Crippen molar-refractivity contribution in [2.75, 3.05) is 7.11 Å². The highest BCUT2D eigenvalue weighted by Gasteiger charge is 2.51. The molecule has 27 heavy (non-hydrogen) atoms. The van der Waals surface area contributed by atoms with Crippen molar-refractivity contribution in [3.63, 3.8) is 0 Å². The van der Waals surface area contributed by atoms with E-state index in [0.717, 1.165) is 22.4 Å². The van der Waals surface area contributed by atoms with Crippen molar-refractivity contribution in [1.82, 2.24) is 0 Å². The van der Waals surface area contributed by atoms with Gasteiger partial charge in [-0.25, -0.2) is 0 Å². The maximum absolute atomic E-state index is 13.5. The number of hydrogen-bond acceptors (Lipinski definition) is 3. The number of fused-ring (bicyclic) bond motifs is 6. The van der Waals surface area contributed by atoms with Crippen LogP contribution in [0.3, 0.4) is 0 Å². The van der Waals surface area contributed by atoms with Crippen molar-refractivity contribution in [2.45, 2.75) is 17.8 Å². The van der Waals surface area contributed by atoms with Gasteiger partial charge in [-0.3, -0.25) is 9.59 Å². The fourth-order valence-electron chi connectivity index (χ4n) is 4.72. The van der Waals surface area contributed by atoms with Crippen molar-refractivity contribution in [3.05, 3.63) is 101 Å². The van der Waals surface area contributed by atoms with Gasteiger partial charge in [0.05, 0.1) is 18.9 Å². The second-order valence-electron chi connectivity index (χ2n) is 7.16. The molecule has 0 saturated heterocycles. The van der Waals surface area contributed by atoms with Crippen LogP contribution in [0.15, 0.2) is 72.8 Å². The number of carbonyl (C=O) groups excluding carboxylic acids is 2. The Morgan fingerprint density at radius 1 is 0.667 bits per heavy atom. The summed E-state index contributed by atoms with van der Waals surface area (Å²) in [6.07, 6.45) is 0. The Morgan fingerprint density at radius 3 is 1.63 bits per heavy atom. The van der Waals surface area contributed by atoms with Crippen molar-refractivity contribution in [2.24, 2.45) is 0 Å². The molecule has 3 aromatic rings. The molecular weight excluding hydrogens is 336 g/mol. The van der Waals surface area contributed by atoms with Crippen LogP contribution >= 0.6 is 0 Å². The highest BCUT2D eigenvalue weighted by atomic mass is 16.5. The van der Waals surface area contributed by atoms with Gasteiger partial charge in [0.2, 0.25) is 0 Å². The molecule has 0 aliphatic heterocycles. The molecule has 0 N–H and O–H groups in total. The minimum absolute atomic E-state index is 0.0996. The molecule has 0 amide bonds. The monoisotopic (exact) mass is 354 g/mol. The summed E-state index contributed by atoms with van der Waals surface area (Å²) in [6.45, 7) is 0. The van der Waals surface area contributed by atoms with E-state index in [1.807, 2.05) is 72.8 Å². The number of ketones is 2. The van der Waals surface area contributed by atoms with Gasteiger partial charge in [-0.15, -0.1) is 0 Å². The van der Waals surface area contributed by atoms with E-state index in [0.29, 0.717) is 11.1 Å². The fourth-order valence-corrected chi connectivity index (χ4v) is 4.72. The third kappa shape index (κ3) is 2.21. The van der Waals surface area contributed by atoms with E-state index in [1.165, 1.54) is 0 Å². The molecule has 2 unspecified atom stereocenters. The average molecular weight is 354 g/mol. The Labute approximate surface area is 157 Å². The molecule has 0 heterocycles. The molecule has 2 aliphatic rings. The zero-order valence-corrected chi connectivity index (χ0v) is 14.9. The number of Topliss-reactive ketones (excluding diaryl/α,β-unsaturated/α-hetero) is 2. The molecule has 0 aromatic heterocycles. The first-order valence-corrected chi connectivity index (χ1v) is 9.11. The third-order valence-corrected chi connectivity index (χ3v) is 5.91. The summed E-state index contributed by atoms with van der Waals surface area (Å²) in [5, 5.41) is 0. The van der Waals surface area contributed by atoms with E-state index in [4.69, 9.17) is 4.74 Å². The number of hydrogen-bond donors (Lipinski definition) is 0. The van der Waals surface area contributed by atoms with Gasteiger partial charge in [-0.05, 0) is 28.8 Å². The molecule has 0 saturated carbocycles. The molecular formula is C24H18O3. The Morgan fingerprint density at radius 2 is 1.15 bits per heavy atom. The van der Waals surface area contributed by atoms with Crippen LogP contribution in [0.25, 0.3) is 0 Å². The fraction of sp³-hybridized carbons (Fsp3) is 0.167. The van der Waals surface area contributed by atoms with Gasteiger partial charge in [0.1, 0.15) is 5.75 Å². The summed E-state index contributed by atoms with van der Waals surface area (Å²) in [5.74, 6) is 0.0866. The van der Waals surface area contributed by atoms with Gasteiger partial charge in [-0.1, -0.05) is 60.7 Å². The molecule has 3 heteroatoms. The summed E-state index contributed by atoms with van der Waals surface area (Å²) in [7, 11) is 1.63. The summed E-state index contributed by atoms with van der Waals surface area (Å²) >= 11 is 0. The number of carbonyl (C=O) groups is 2. The number of benzene rings is 3. The maximum Gasteiger partial charge on any atom is 0.171 e. The standard InChI is InChI=1S/C24H18O3/c1-27-15-12-10-14(11-13-15)20-21-16-6-2-4-8-18(16)23(25)22(20)17-7-3-5-9-19(17)24(21)26/h2-13,20-22H,1H3. The van der Waals surface area contributed by atoms with Crippen LogP contribution in [0.5, 0.6) is 5.75 Å². The molecule has 0 spiro atoms. The van der Waals surface area contributed by atoms with Crippen LogP contribution in [-0.2, 0) is 0 Å². The lowest BCUT2D eigenvalue weighted by molar-refractivity contribution is 0.0852. The van der Waals surface area contributed by atoms with Gasteiger partial charge >= 0.3 is 0 Å². The van der Waals surface area contributed by atoms with Crippen molar-refractivity contribution in [1.29, 1.82) is 0 Å². The Bertz CT molecular complexity index is 1000. The number of rotatable bonds is 2. The van der Waals surface area contributed by atoms with Gasteiger partial charge in [0.25, 0.3) is 0 Å². The van der Waals surface area contributed by atoms with Gasteiger partial charge in [0, 0.05) is 17.0 Å². The van der Waals surface area contributed by atoms with E-state index < -0.39 is 0 Å². The lowest BCUT2D eigenvalue weighted by atomic mass is 9.57. The van der Waals surface area contributed by atoms with E-state index >= 15 is 0 Å². The smallest absolute Gasteiger partial charge is 0.171 e. The molecule has 5 rings (SSSR count). The molecule has 0 radical (unpaired) electrons. The van der Waals surface area contributed by atoms with E-state index in [2.05, 4.69) is 0 Å². The van der Waals surface area contributed by atoms with Gasteiger partial charge in [0.15, 0.2) is 11.6 Å². The predicted octanol–water partition coefficient (Wildman–Crippen LogP) is 4.74. The zero-order valence-electron chi connectivity index (χ0n) is 14.9. The molecule has 2 bridgehead atoms. The lowest BCUT2D eigenvalue weighted by Crippen LogP contribution is -2.40. The Hall–Kier alpha value is -3.20. The first-order valence-electron chi connectivity index (χ1n) is 9.11. The lowest BCUT2D eigenvalue weighted by Gasteiger charge is -2.43. The van der Waals surface area contributed by atoms with Crippen LogP contribution in [0, 0.1) is 0 Å². The average Bonchev–Trinajstić information content (AvgIpc) is 2.73. The van der Waals surface area contributed by atoms with Gasteiger partial charge < -0.3 is 4.74 Å². The SMILES string of the molecule is COc1ccc(C2C3C(=O)c4ccccc4C2C(=O)c2ccccc23)cc1. The first kappa shape index (κ1) is 16.0. The van der Waals surface area contributed by atoms with Gasteiger partial charge in [-0.2, -0.15) is 0 Å². The van der Waals surface area contributed by atoms with E-state index in [9.17, 15) is 9.59 Å². The van der Waals surface area contributed by atoms with E-state index in [1.54, 1.807) is 7.11 Å². The molecule has 3 aromatic carbocycles. The summed E-state index contributed by atoms with van der Waals surface area (Å²) in [5.41, 5.74) is 4.05. The van der Waals surface area contributed by atoms with Crippen molar-refractivity contribution in [3.8, 4) is 5.75 Å². The minimum atomic E-state index is -0.341. The number of ether oxygens (including phenoxy) is 1. The topological polar surface area (TPSA) is 43.4 Å². The zero-order chi connectivity index (χ0) is 18.5. The molecule has 3 nitrogen and oxygen atoms in total. The summed E-state index contributed by atoms with van der Waals surface area (Å²) < 4.78 is 5.27. The van der Waals surface area contributed by atoms with Crippen LogP contribution in [0.2, 0.25) is 0 Å². The quantitative estimate of drug-likeness (QED) is 0.668. The highest BCUT2D eigenvalue weighted by molar-refractivity contribution is 6.15. The van der Waals surface area contributed by atoms with Crippen molar-refractivity contribution >= 4 is 11.6 Å². The summed E-state index contributed by atoms with van der Waals surface area (Å²) in [4.78, 5) is 26.9. The molecule has 0 fully saturated rings. The second kappa shape index (κ2) is 5.92. The highest BCUT2D eigenvalue weighted by Crippen LogP contribution is 2.55. The van der Waals surface area contributed by atoms with Crippen LogP contribution < -0.4 is 4.74 Å². The number of methoxy groups -OCH3 is 1. The summed E-state index contributed by atoms with van der Waals surface area (Å²) in [6, 6.07) is 22.9. The van der Waals surface area contributed by atoms with Crippen LogP contribution in [0.1, 0.15) is 55.2 Å². The Balaban J connectivity index is 1.78. The first-order chi connectivity index (χ1) is 13.2. The normalized spacial score (nSPS) is 22.8. The molecule has 2 aliphatic carbocycles. The minimum Gasteiger partial charge on any atom is -0.497 e. The van der Waals surface area contributed by atoms with E-state index in [-0.39, 0.29) is 29.3 Å². The molecule has 132 valence electrons. The largest absolute Gasteiger partial charge is 0.497 e. The maximum atomic E-state index is 13.5. The van der Waals surface area contributed by atoms with Crippen LogP contribution in [0.4, 0.5) is 0 Å². The molecule has 2 atom stereocenters.